The normalized spacial score (nSPS) is 13.4. The minimum absolute atomic E-state index is 0.0434. The van der Waals surface area contributed by atoms with Gasteiger partial charge >= 0.3 is 0 Å². The van der Waals surface area contributed by atoms with Gasteiger partial charge in [0.1, 0.15) is 73.2 Å². The Morgan fingerprint density at radius 2 is 0.424 bits per heavy atom. The standard InChI is InChI=1S/C56H111N7O5.C38H83N19O7/c1-4-7-10-13-15-17-19-21-23-25-27-29-31-43-52(64)59-47-39-35-42-50(61-53(65)44-32-30-28-26-24-22-20-18-16-14-11-8-5-2)55(67)63-51(41-34-37-46-58)56(68)62-49(40-33-36-45-57)54(66)60-48-38-12-9-6-3;1-23(58)52-25(11-2-5-17-39)31(60)56-28(15-9-21-50-37(45)46)34(63)55-27(13-4-7-19-41)33(62)57-29(16-10-22-51-38(47)48)35(64)54-26(12-3-6-18-40)32(61)53-24(30(42)59)14-8-20-49-36(43)44/h49-51H,4-48,57-58H2,1-3H3,(H,59,64)(H,60,66)(H,61,65)(H,62,68)(H,63,67);24-29,36-38,49-51H,2-22,39-41,43-48H2,1H3,(H2,42,59)(H,52,58)(H,53,61)(H,54,64)(H,55,63)(H,56,60)(H,57,62)/t49?,50?,51-;24?,25-,26-,27-,28?,29?/m00/s1. The van der Waals surface area contributed by atoms with Crippen molar-refractivity contribution in [1.29, 1.82) is 0 Å². The first kappa shape index (κ1) is 127. The first-order valence-electron chi connectivity index (χ1n) is 51.4. The highest BCUT2D eigenvalue weighted by Crippen LogP contribution is 2.18. The fourth-order valence-corrected chi connectivity index (χ4v) is 15.3. The van der Waals surface area contributed by atoms with Gasteiger partial charge < -0.3 is 127 Å². The highest BCUT2D eigenvalue weighted by Gasteiger charge is 2.35. The quantitative estimate of drug-likeness (QED) is 0.0300. The fourth-order valence-electron chi connectivity index (χ4n) is 15.3. The van der Waals surface area contributed by atoms with Crippen molar-refractivity contribution in [3.8, 4) is 0 Å². The lowest BCUT2D eigenvalue weighted by atomic mass is 10.0. The number of carbonyl (C=O) groups excluding carboxylic acids is 12. The van der Waals surface area contributed by atoms with E-state index in [2.05, 4.69) is 95.2 Å². The summed E-state index contributed by atoms with van der Waals surface area (Å²) in [6.07, 6.45) is 44.9. The number of rotatable bonds is 91. The van der Waals surface area contributed by atoms with Gasteiger partial charge in [0.25, 0.3) is 0 Å². The van der Waals surface area contributed by atoms with Crippen molar-refractivity contribution >= 4 is 70.9 Å². The number of nitrogens with one attached hydrogen (secondary N) is 14. The molecule has 132 heavy (non-hydrogen) atoms. The molecule has 0 fully saturated rings. The molecule has 772 valence electrons. The Hall–Kier alpha value is -6.92. The van der Waals surface area contributed by atoms with Crippen LogP contribution in [0.1, 0.15) is 387 Å². The molecule has 0 saturated heterocycles. The Bertz CT molecular complexity index is 2940. The maximum absolute atomic E-state index is 14.2. The predicted octanol–water partition coefficient (Wildman–Crippen LogP) is 4.14. The number of nitrogens with two attached hydrogens (primary N) is 12. The van der Waals surface area contributed by atoms with Crippen molar-refractivity contribution in [3.63, 3.8) is 0 Å². The van der Waals surface area contributed by atoms with Gasteiger partial charge in [0, 0.05) is 32.9 Å². The van der Waals surface area contributed by atoms with Crippen molar-refractivity contribution in [2.24, 2.45) is 68.8 Å². The van der Waals surface area contributed by atoms with E-state index in [0.29, 0.717) is 174 Å². The molecular weight excluding hydrogens is 1690 g/mol. The van der Waals surface area contributed by atoms with Crippen LogP contribution in [0.15, 0.2) is 0 Å². The summed E-state index contributed by atoms with van der Waals surface area (Å²) in [4.78, 5) is 161. The van der Waals surface area contributed by atoms with Crippen LogP contribution < -0.4 is 143 Å². The Kier molecular flexibility index (Phi) is 86.0. The van der Waals surface area contributed by atoms with Crippen molar-refractivity contribution < 1.29 is 57.5 Å². The van der Waals surface area contributed by atoms with E-state index in [1.165, 1.54) is 142 Å². The van der Waals surface area contributed by atoms with Gasteiger partial charge in [-0.2, -0.15) is 0 Å². The van der Waals surface area contributed by atoms with E-state index in [9.17, 15) is 57.5 Å². The SMILES string of the molecule is CC(=O)N[C@@H](CCCCN)C(=O)NC(CCCNC(N)N)C(=O)N[C@@H](CCCCN)C(=O)NC(CCCNC(N)N)C(=O)N[C@@H](CCCCN)C(=O)NC(CCCNC(N)N)C(N)=O.CCCCCCCCCCCCCCCC(=O)NCCCCC(NC(=O)CCCCCCCCCCCCCCC)C(=O)N[C@@H](CCCCN)C(=O)NC(CCCCN)C(=O)NCCCCCC. The Morgan fingerprint density at radius 1 is 0.212 bits per heavy atom. The second-order valence-corrected chi connectivity index (χ2v) is 35.7. The molecule has 0 heterocycles. The summed E-state index contributed by atoms with van der Waals surface area (Å²) in [7, 11) is 0. The Labute approximate surface area is 793 Å². The summed E-state index contributed by atoms with van der Waals surface area (Å²) in [5.41, 5.74) is 67.8. The molecule has 0 radical (unpaired) electrons. The fraction of sp³-hybridized carbons (Fsp3) is 0.872. The molecule has 9 atom stereocenters. The highest BCUT2D eigenvalue weighted by molar-refractivity contribution is 5.97. The number of unbranched alkanes of at least 4 members (excludes halogenated alkanes) is 33. The van der Waals surface area contributed by atoms with Crippen LogP contribution in [0.5, 0.6) is 0 Å². The van der Waals surface area contributed by atoms with E-state index in [-0.39, 0.29) is 69.2 Å². The average molecular weight is 1880 g/mol. The van der Waals surface area contributed by atoms with Crippen molar-refractivity contribution in [2.45, 2.75) is 461 Å². The second-order valence-electron chi connectivity index (χ2n) is 35.7. The largest absolute Gasteiger partial charge is 0.368 e. The zero-order valence-corrected chi connectivity index (χ0v) is 82.4. The molecule has 38 N–H and O–H groups in total. The predicted molar refractivity (Wildman–Crippen MR) is 530 cm³/mol. The molecule has 5 unspecified atom stereocenters. The summed E-state index contributed by atoms with van der Waals surface area (Å²) in [5, 5.41) is 39.6. The lowest BCUT2D eigenvalue weighted by molar-refractivity contribution is -0.135. The minimum atomic E-state index is -1.24. The molecule has 0 rings (SSSR count). The summed E-state index contributed by atoms with van der Waals surface area (Å²) in [6.45, 7) is 11.8. The van der Waals surface area contributed by atoms with Crippen molar-refractivity contribution in [3.05, 3.63) is 0 Å². The monoisotopic (exact) mass is 1880 g/mol. The molecule has 0 aliphatic heterocycles. The molecule has 0 aliphatic carbocycles. The van der Waals surface area contributed by atoms with Gasteiger partial charge in [-0.15, -0.1) is 0 Å². The highest BCUT2D eigenvalue weighted by atomic mass is 16.2. The molecule has 0 bridgehead atoms. The van der Waals surface area contributed by atoms with Crippen LogP contribution in [0.25, 0.3) is 0 Å². The molecule has 12 amide bonds. The van der Waals surface area contributed by atoms with Gasteiger partial charge in [-0.25, -0.2) is 0 Å². The van der Waals surface area contributed by atoms with E-state index >= 15 is 0 Å². The van der Waals surface area contributed by atoms with Gasteiger partial charge in [0.15, 0.2) is 0 Å². The van der Waals surface area contributed by atoms with Crippen LogP contribution in [0.2, 0.25) is 0 Å². The number of carbonyl (C=O) groups is 12. The van der Waals surface area contributed by atoms with Gasteiger partial charge in [0.2, 0.25) is 70.9 Å². The van der Waals surface area contributed by atoms with Crippen LogP contribution in [-0.2, 0) is 57.5 Å². The number of hydrogen-bond acceptors (Lipinski definition) is 26. The number of hydrogen-bond donors (Lipinski definition) is 26. The first-order chi connectivity index (χ1) is 63.6. The lowest BCUT2D eigenvalue weighted by Crippen LogP contribution is -2.59. The van der Waals surface area contributed by atoms with Crippen LogP contribution in [0.3, 0.4) is 0 Å². The van der Waals surface area contributed by atoms with E-state index in [4.69, 9.17) is 68.8 Å². The smallest absolute Gasteiger partial charge is 0.243 e. The van der Waals surface area contributed by atoms with Gasteiger partial charge in [-0.3, -0.25) is 73.5 Å². The van der Waals surface area contributed by atoms with Crippen LogP contribution in [0, 0.1) is 0 Å². The zero-order chi connectivity index (χ0) is 98.4. The van der Waals surface area contributed by atoms with Crippen LogP contribution in [0.4, 0.5) is 0 Å². The van der Waals surface area contributed by atoms with E-state index in [1.54, 1.807) is 0 Å². The first-order valence-corrected chi connectivity index (χ1v) is 51.4. The van der Waals surface area contributed by atoms with Gasteiger partial charge in [0.05, 0.1) is 0 Å². The molecule has 0 aliphatic rings. The zero-order valence-electron chi connectivity index (χ0n) is 82.4. The summed E-state index contributed by atoms with van der Waals surface area (Å²) >= 11 is 0. The molecule has 0 saturated carbocycles. The second kappa shape index (κ2) is 89.3. The molecule has 0 spiro atoms. The molecule has 38 nitrogen and oxygen atoms in total. The van der Waals surface area contributed by atoms with Gasteiger partial charge in [-0.05, 0) is 226 Å². The third kappa shape index (κ3) is 75.3. The maximum atomic E-state index is 14.2. The van der Waals surface area contributed by atoms with E-state index in [1.807, 2.05) is 0 Å². The molecule has 0 aromatic carbocycles. The summed E-state index contributed by atoms with van der Waals surface area (Å²) in [5.74, 6) is -5.84. The van der Waals surface area contributed by atoms with Crippen LogP contribution >= 0.6 is 0 Å². The summed E-state index contributed by atoms with van der Waals surface area (Å²) in [6, 6.07) is -9.28. The van der Waals surface area contributed by atoms with E-state index < -0.39 is 126 Å². The molecule has 0 aromatic heterocycles. The number of amides is 12. The van der Waals surface area contributed by atoms with Crippen molar-refractivity contribution in [1.82, 2.24) is 74.4 Å². The third-order valence-corrected chi connectivity index (χ3v) is 23.3. The van der Waals surface area contributed by atoms with Crippen LogP contribution in [-0.4, -0.2) is 210 Å². The molecule has 0 aromatic rings. The lowest BCUT2D eigenvalue weighted by Gasteiger charge is -2.28. The topological polar surface area (TPSA) is 685 Å². The molecule has 38 heteroatoms. The third-order valence-electron chi connectivity index (χ3n) is 23.3. The number of primary amides is 1. The Balaban J connectivity index is 0. The summed E-state index contributed by atoms with van der Waals surface area (Å²) < 4.78 is 0. The maximum Gasteiger partial charge on any atom is 0.243 e. The van der Waals surface area contributed by atoms with E-state index in [0.717, 1.165) is 64.2 Å². The van der Waals surface area contributed by atoms with Gasteiger partial charge in [-0.1, -0.05) is 194 Å². The molecular formula is C94H194N26O12. The Morgan fingerprint density at radius 3 is 0.697 bits per heavy atom. The minimum Gasteiger partial charge on any atom is -0.368 e. The van der Waals surface area contributed by atoms with Crippen molar-refractivity contribution in [2.75, 3.05) is 65.4 Å². The average Bonchev–Trinajstić information content (AvgIpc) is 0.857.